The number of para-hydroxylation sites is 1. The molecule has 0 heterocycles. The molecule has 17 heavy (non-hydrogen) atoms. The molecule has 0 aliphatic carbocycles. The lowest BCUT2D eigenvalue weighted by Gasteiger charge is -2.10. The Hall–Kier alpha value is -2.29. The molecular formula is C14H13NO2. The summed E-state index contributed by atoms with van der Waals surface area (Å²) in [6.07, 6.45) is 0.821. The van der Waals surface area contributed by atoms with Crippen LogP contribution in [-0.2, 0) is 0 Å². The summed E-state index contributed by atoms with van der Waals surface area (Å²) in [6, 6.07) is 12.7. The molecule has 3 heteroatoms. The largest absolute Gasteiger partial charge is 0.497 e. The second-order valence-electron chi connectivity index (χ2n) is 3.66. The van der Waals surface area contributed by atoms with Gasteiger partial charge in [0.1, 0.15) is 5.75 Å². The van der Waals surface area contributed by atoms with E-state index in [-0.39, 0.29) is 0 Å². The summed E-state index contributed by atoms with van der Waals surface area (Å²) in [7, 11) is 1.59. The van der Waals surface area contributed by atoms with Gasteiger partial charge < -0.3 is 10.5 Å². The smallest absolute Gasteiger partial charge is 0.150 e. The van der Waals surface area contributed by atoms with Gasteiger partial charge in [0.15, 0.2) is 6.29 Å². The van der Waals surface area contributed by atoms with Crippen molar-refractivity contribution >= 4 is 12.0 Å². The van der Waals surface area contributed by atoms with E-state index >= 15 is 0 Å². The van der Waals surface area contributed by atoms with Crippen molar-refractivity contribution in [3.05, 3.63) is 48.0 Å². The second-order valence-corrected chi connectivity index (χ2v) is 3.66. The van der Waals surface area contributed by atoms with Crippen molar-refractivity contribution < 1.29 is 9.53 Å². The maximum atomic E-state index is 11.0. The SMILES string of the molecule is COc1ccc(C=O)c(-c2ccccc2N)c1. The molecule has 0 saturated carbocycles. The highest BCUT2D eigenvalue weighted by Gasteiger charge is 2.08. The number of ether oxygens (including phenoxy) is 1. The van der Waals surface area contributed by atoms with Crippen molar-refractivity contribution in [2.24, 2.45) is 0 Å². The van der Waals surface area contributed by atoms with Crippen LogP contribution in [-0.4, -0.2) is 13.4 Å². The highest BCUT2D eigenvalue weighted by Crippen LogP contribution is 2.30. The highest BCUT2D eigenvalue weighted by atomic mass is 16.5. The number of nitrogen functional groups attached to an aromatic ring is 1. The number of benzene rings is 2. The molecule has 0 atom stereocenters. The molecule has 2 rings (SSSR count). The van der Waals surface area contributed by atoms with E-state index in [0.717, 1.165) is 17.4 Å². The van der Waals surface area contributed by atoms with E-state index < -0.39 is 0 Å². The first-order valence-electron chi connectivity index (χ1n) is 5.24. The molecule has 2 aromatic carbocycles. The lowest BCUT2D eigenvalue weighted by molar-refractivity contribution is 0.112. The Labute approximate surface area is 99.8 Å². The van der Waals surface area contributed by atoms with Gasteiger partial charge in [0, 0.05) is 16.8 Å². The Kier molecular flexibility index (Phi) is 3.10. The van der Waals surface area contributed by atoms with Crippen molar-refractivity contribution in [3.63, 3.8) is 0 Å². The molecule has 3 nitrogen and oxygen atoms in total. The summed E-state index contributed by atoms with van der Waals surface area (Å²) < 4.78 is 5.16. The predicted octanol–water partition coefficient (Wildman–Crippen LogP) is 2.76. The van der Waals surface area contributed by atoms with Gasteiger partial charge in [-0.15, -0.1) is 0 Å². The van der Waals surface area contributed by atoms with E-state index in [1.54, 1.807) is 19.2 Å². The van der Waals surface area contributed by atoms with Crippen LogP contribution in [0.4, 0.5) is 5.69 Å². The van der Waals surface area contributed by atoms with Crippen LogP contribution in [0.1, 0.15) is 10.4 Å². The fraction of sp³-hybridized carbons (Fsp3) is 0.0714. The first kappa shape index (κ1) is 11.2. The molecule has 2 aromatic rings. The number of carbonyl (C=O) groups is 1. The van der Waals surface area contributed by atoms with Gasteiger partial charge in [0.2, 0.25) is 0 Å². The van der Waals surface area contributed by atoms with Gasteiger partial charge in [0.25, 0.3) is 0 Å². The Morgan fingerprint density at radius 2 is 1.88 bits per heavy atom. The van der Waals surface area contributed by atoms with E-state index in [4.69, 9.17) is 10.5 Å². The zero-order valence-electron chi connectivity index (χ0n) is 9.51. The number of anilines is 1. The van der Waals surface area contributed by atoms with Crippen LogP contribution in [0, 0.1) is 0 Å². The maximum Gasteiger partial charge on any atom is 0.150 e. The van der Waals surface area contributed by atoms with Gasteiger partial charge in [-0.05, 0) is 29.8 Å². The average Bonchev–Trinajstić information content (AvgIpc) is 2.38. The average molecular weight is 227 g/mol. The standard InChI is InChI=1S/C14H13NO2/c1-17-11-7-6-10(9-16)13(8-11)12-4-2-3-5-14(12)15/h2-9H,15H2,1H3. The minimum atomic E-state index is 0.601. The van der Waals surface area contributed by atoms with Crippen molar-refractivity contribution in [1.82, 2.24) is 0 Å². The summed E-state index contributed by atoms with van der Waals surface area (Å²) in [5.74, 6) is 0.703. The summed E-state index contributed by atoms with van der Waals surface area (Å²) in [5, 5.41) is 0. The monoisotopic (exact) mass is 227 g/mol. The van der Waals surface area contributed by atoms with Crippen LogP contribution in [0.25, 0.3) is 11.1 Å². The number of aldehydes is 1. The predicted molar refractivity (Wildman–Crippen MR) is 68.2 cm³/mol. The van der Waals surface area contributed by atoms with E-state index in [1.807, 2.05) is 30.3 Å². The van der Waals surface area contributed by atoms with Crippen LogP contribution in [0.5, 0.6) is 5.75 Å². The second kappa shape index (κ2) is 4.70. The lowest BCUT2D eigenvalue weighted by Crippen LogP contribution is -1.94. The van der Waals surface area contributed by atoms with Crippen molar-refractivity contribution in [2.45, 2.75) is 0 Å². The first-order chi connectivity index (χ1) is 8.26. The van der Waals surface area contributed by atoms with Gasteiger partial charge >= 0.3 is 0 Å². The number of nitrogens with two attached hydrogens (primary N) is 1. The van der Waals surface area contributed by atoms with Gasteiger partial charge in [-0.3, -0.25) is 4.79 Å². The summed E-state index contributed by atoms with van der Waals surface area (Å²) in [4.78, 5) is 11.0. The zero-order chi connectivity index (χ0) is 12.3. The minimum absolute atomic E-state index is 0.601. The lowest BCUT2D eigenvalue weighted by atomic mass is 9.98. The number of methoxy groups -OCH3 is 1. The van der Waals surface area contributed by atoms with E-state index in [1.165, 1.54) is 0 Å². The minimum Gasteiger partial charge on any atom is -0.497 e. The zero-order valence-corrected chi connectivity index (χ0v) is 9.51. The summed E-state index contributed by atoms with van der Waals surface area (Å²) >= 11 is 0. The topological polar surface area (TPSA) is 52.3 Å². The van der Waals surface area contributed by atoms with Gasteiger partial charge in [-0.2, -0.15) is 0 Å². The normalized spacial score (nSPS) is 9.94. The van der Waals surface area contributed by atoms with Crippen molar-refractivity contribution in [2.75, 3.05) is 12.8 Å². The molecule has 0 fully saturated rings. The van der Waals surface area contributed by atoms with Crippen molar-refractivity contribution in [3.8, 4) is 16.9 Å². The van der Waals surface area contributed by atoms with Crippen molar-refractivity contribution in [1.29, 1.82) is 0 Å². The van der Waals surface area contributed by atoms with Gasteiger partial charge in [-0.25, -0.2) is 0 Å². The third kappa shape index (κ3) is 2.13. The van der Waals surface area contributed by atoms with Crippen LogP contribution in [0.2, 0.25) is 0 Å². The molecule has 0 saturated heterocycles. The molecular weight excluding hydrogens is 214 g/mol. The number of hydrogen-bond donors (Lipinski definition) is 1. The molecule has 0 aliphatic heterocycles. The molecule has 0 aliphatic rings. The van der Waals surface area contributed by atoms with Gasteiger partial charge in [-0.1, -0.05) is 18.2 Å². The third-order valence-corrected chi connectivity index (χ3v) is 2.64. The van der Waals surface area contributed by atoms with Crippen LogP contribution >= 0.6 is 0 Å². The van der Waals surface area contributed by atoms with E-state index in [0.29, 0.717) is 17.0 Å². The summed E-state index contributed by atoms with van der Waals surface area (Å²) in [5.41, 5.74) is 8.78. The molecule has 2 N–H and O–H groups in total. The molecule has 0 aromatic heterocycles. The Bertz CT molecular complexity index is 550. The maximum absolute atomic E-state index is 11.0. The fourth-order valence-electron chi connectivity index (χ4n) is 1.74. The quantitative estimate of drug-likeness (QED) is 0.648. The molecule has 0 amide bonds. The molecule has 86 valence electrons. The summed E-state index contributed by atoms with van der Waals surface area (Å²) in [6.45, 7) is 0. The van der Waals surface area contributed by atoms with E-state index in [9.17, 15) is 4.79 Å². The Balaban J connectivity index is 2.64. The molecule has 0 bridgehead atoms. The number of rotatable bonds is 3. The van der Waals surface area contributed by atoms with E-state index in [2.05, 4.69) is 0 Å². The highest BCUT2D eigenvalue weighted by molar-refractivity contribution is 5.91. The molecule has 0 unspecified atom stereocenters. The van der Waals surface area contributed by atoms with Gasteiger partial charge in [0.05, 0.1) is 7.11 Å². The molecule has 0 radical (unpaired) electrons. The molecule has 0 spiro atoms. The fourth-order valence-corrected chi connectivity index (χ4v) is 1.74. The third-order valence-electron chi connectivity index (χ3n) is 2.64. The Morgan fingerprint density at radius 3 is 2.53 bits per heavy atom. The van der Waals surface area contributed by atoms with Crippen LogP contribution < -0.4 is 10.5 Å². The van der Waals surface area contributed by atoms with Crippen LogP contribution in [0.15, 0.2) is 42.5 Å². The number of carbonyl (C=O) groups excluding carboxylic acids is 1. The van der Waals surface area contributed by atoms with Crippen LogP contribution in [0.3, 0.4) is 0 Å². The Morgan fingerprint density at radius 1 is 1.12 bits per heavy atom. The number of hydrogen-bond acceptors (Lipinski definition) is 3. The first-order valence-corrected chi connectivity index (χ1v) is 5.24.